The van der Waals surface area contributed by atoms with Gasteiger partial charge >= 0.3 is 0 Å². The van der Waals surface area contributed by atoms with Gasteiger partial charge in [-0.2, -0.15) is 0 Å². The summed E-state index contributed by atoms with van der Waals surface area (Å²) in [5, 5.41) is 9.00. The van der Waals surface area contributed by atoms with Crippen molar-refractivity contribution in [3.63, 3.8) is 0 Å². The molecule has 0 aliphatic carbocycles. The Kier molecular flexibility index (Phi) is 3.17. The van der Waals surface area contributed by atoms with E-state index in [1.54, 1.807) is 12.3 Å². The Morgan fingerprint density at radius 3 is 2.88 bits per heavy atom. The van der Waals surface area contributed by atoms with Crippen LogP contribution in [0.4, 0.5) is 0 Å². The molecule has 3 nitrogen and oxygen atoms in total. The van der Waals surface area contributed by atoms with E-state index >= 15 is 0 Å². The smallest absolute Gasteiger partial charge is 0.219 e. The lowest BCUT2D eigenvalue weighted by Crippen LogP contribution is -1.89. The van der Waals surface area contributed by atoms with Gasteiger partial charge in [0, 0.05) is 12.3 Å². The minimum atomic E-state index is 0.0123. The fraction of sp³-hybridized carbons (Fsp3) is 0.154. The van der Waals surface area contributed by atoms with Crippen LogP contribution in [0.15, 0.2) is 42.6 Å². The van der Waals surface area contributed by atoms with E-state index in [0.717, 1.165) is 11.1 Å². The molecule has 1 aromatic heterocycles. The Balaban J connectivity index is 2.20. The predicted molar refractivity (Wildman–Crippen MR) is 61.4 cm³/mol. The zero-order valence-corrected chi connectivity index (χ0v) is 9.05. The highest BCUT2D eigenvalue weighted by Crippen LogP contribution is 2.20. The van der Waals surface area contributed by atoms with Gasteiger partial charge < -0.3 is 9.84 Å². The highest BCUT2D eigenvalue weighted by atomic mass is 16.5. The van der Waals surface area contributed by atoms with Crippen molar-refractivity contribution in [2.75, 3.05) is 0 Å². The number of aliphatic hydroxyl groups excluding tert-OH is 1. The third-order valence-electron chi connectivity index (χ3n) is 2.19. The lowest BCUT2D eigenvalue weighted by molar-refractivity contribution is 0.281. The van der Waals surface area contributed by atoms with E-state index in [2.05, 4.69) is 4.98 Å². The van der Waals surface area contributed by atoms with Gasteiger partial charge in [0.1, 0.15) is 5.75 Å². The molecular formula is C13H13NO2. The molecule has 0 unspecified atom stereocenters. The molecule has 0 atom stereocenters. The van der Waals surface area contributed by atoms with E-state index in [4.69, 9.17) is 9.84 Å². The molecule has 3 heteroatoms. The molecule has 0 fully saturated rings. The van der Waals surface area contributed by atoms with Crippen LogP contribution in [-0.2, 0) is 6.61 Å². The zero-order chi connectivity index (χ0) is 11.4. The Labute approximate surface area is 94.3 Å². The monoisotopic (exact) mass is 215 g/mol. The van der Waals surface area contributed by atoms with E-state index in [1.165, 1.54) is 0 Å². The van der Waals surface area contributed by atoms with Crippen LogP contribution < -0.4 is 4.74 Å². The highest BCUT2D eigenvalue weighted by molar-refractivity contribution is 5.32. The number of benzene rings is 1. The molecule has 1 aromatic carbocycles. The van der Waals surface area contributed by atoms with Gasteiger partial charge in [-0.05, 0) is 36.2 Å². The third kappa shape index (κ3) is 2.58. The van der Waals surface area contributed by atoms with Crippen molar-refractivity contribution in [2.45, 2.75) is 13.5 Å². The van der Waals surface area contributed by atoms with Crippen LogP contribution in [0.1, 0.15) is 11.1 Å². The van der Waals surface area contributed by atoms with Crippen molar-refractivity contribution in [3.05, 3.63) is 53.7 Å². The number of hydrogen-bond donors (Lipinski definition) is 1. The van der Waals surface area contributed by atoms with Gasteiger partial charge in [-0.1, -0.05) is 12.1 Å². The van der Waals surface area contributed by atoms with Gasteiger partial charge in [0.15, 0.2) is 0 Å². The van der Waals surface area contributed by atoms with Crippen molar-refractivity contribution >= 4 is 0 Å². The largest absolute Gasteiger partial charge is 0.439 e. The molecule has 0 bridgehead atoms. The van der Waals surface area contributed by atoms with Gasteiger partial charge in [-0.3, -0.25) is 0 Å². The SMILES string of the molecule is Cc1ccnc(Oc2cccc(CO)c2)c1. The second-order valence-corrected chi connectivity index (χ2v) is 3.58. The fourth-order valence-electron chi connectivity index (χ4n) is 1.39. The Bertz CT molecular complexity index is 483. The second-order valence-electron chi connectivity index (χ2n) is 3.58. The molecule has 0 spiro atoms. The maximum Gasteiger partial charge on any atom is 0.219 e. The summed E-state index contributed by atoms with van der Waals surface area (Å²) in [5.74, 6) is 1.25. The van der Waals surface area contributed by atoms with Crippen molar-refractivity contribution in [2.24, 2.45) is 0 Å². The number of hydrogen-bond acceptors (Lipinski definition) is 3. The van der Waals surface area contributed by atoms with Gasteiger partial charge in [-0.25, -0.2) is 4.98 Å². The lowest BCUT2D eigenvalue weighted by atomic mass is 10.2. The first-order valence-corrected chi connectivity index (χ1v) is 5.08. The van der Waals surface area contributed by atoms with Crippen molar-refractivity contribution in [3.8, 4) is 11.6 Å². The standard InChI is InChI=1S/C13H13NO2/c1-10-5-6-14-13(7-10)16-12-4-2-3-11(8-12)9-15/h2-8,15H,9H2,1H3. The third-order valence-corrected chi connectivity index (χ3v) is 2.19. The van der Waals surface area contributed by atoms with E-state index in [0.29, 0.717) is 11.6 Å². The summed E-state index contributed by atoms with van der Waals surface area (Å²) in [7, 11) is 0. The van der Waals surface area contributed by atoms with Crippen LogP contribution in [0.3, 0.4) is 0 Å². The molecule has 2 aromatic rings. The minimum Gasteiger partial charge on any atom is -0.439 e. The van der Waals surface area contributed by atoms with E-state index in [9.17, 15) is 0 Å². The zero-order valence-electron chi connectivity index (χ0n) is 9.05. The molecule has 1 N–H and O–H groups in total. The van der Waals surface area contributed by atoms with E-state index in [1.807, 2.05) is 37.3 Å². The number of aromatic nitrogens is 1. The Morgan fingerprint density at radius 1 is 1.25 bits per heavy atom. The molecule has 16 heavy (non-hydrogen) atoms. The van der Waals surface area contributed by atoms with Crippen molar-refractivity contribution < 1.29 is 9.84 Å². The average Bonchev–Trinajstić information content (AvgIpc) is 2.29. The fourth-order valence-corrected chi connectivity index (χ4v) is 1.39. The Morgan fingerprint density at radius 2 is 2.12 bits per heavy atom. The van der Waals surface area contributed by atoms with Crippen LogP contribution in [0.5, 0.6) is 11.6 Å². The molecule has 82 valence electrons. The van der Waals surface area contributed by atoms with Gasteiger partial charge in [0.2, 0.25) is 5.88 Å². The number of nitrogens with zero attached hydrogens (tertiary/aromatic N) is 1. The van der Waals surface area contributed by atoms with Crippen LogP contribution in [0, 0.1) is 6.92 Å². The maximum absolute atomic E-state index is 9.00. The quantitative estimate of drug-likeness (QED) is 0.855. The van der Waals surface area contributed by atoms with Gasteiger partial charge in [0.25, 0.3) is 0 Å². The van der Waals surface area contributed by atoms with Crippen LogP contribution in [-0.4, -0.2) is 10.1 Å². The highest BCUT2D eigenvalue weighted by Gasteiger charge is 1.99. The molecule has 0 aliphatic rings. The number of aliphatic hydroxyl groups is 1. The molecule has 0 saturated carbocycles. The lowest BCUT2D eigenvalue weighted by Gasteiger charge is -2.06. The van der Waals surface area contributed by atoms with Crippen LogP contribution in [0.25, 0.3) is 0 Å². The number of ether oxygens (including phenoxy) is 1. The molecule has 2 rings (SSSR count). The summed E-state index contributed by atoms with van der Waals surface area (Å²) in [6.07, 6.45) is 1.71. The predicted octanol–water partition coefficient (Wildman–Crippen LogP) is 2.67. The number of pyridine rings is 1. The normalized spacial score (nSPS) is 10.1. The number of rotatable bonds is 3. The maximum atomic E-state index is 9.00. The summed E-state index contributed by atoms with van der Waals surface area (Å²) in [6.45, 7) is 2.00. The van der Waals surface area contributed by atoms with Crippen molar-refractivity contribution in [1.82, 2.24) is 4.98 Å². The average molecular weight is 215 g/mol. The molecule has 1 heterocycles. The Hall–Kier alpha value is -1.87. The summed E-state index contributed by atoms with van der Waals surface area (Å²) >= 11 is 0. The summed E-state index contributed by atoms with van der Waals surface area (Å²) in [6, 6.07) is 11.1. The topological polar surface area (TPSA) is 42.4 Å². The summed E-state index contributed by atoms with van der Waals surface area (Å²) in [4.78, 5) is 4.11. The first kappa shape index (κ1) is 10.6. The molecular weight excluding hydrogens is 202 g/mol. The van der Waals surface area contributed by atoms with Crippen molar-refractivity contribution in [1.29, 1.82) is 0 Å². The minimum absolute atomic E-state index is 0.0123. The van der Waals surface area contributed by atoms with Crippen LogP contribution in [0.2, 0.25) is 0 Å². The molecule has 0 amide bonds. The van der Waals surface area contributed by atoms with E-state index < -0.39 is 0 Å². The van der Waals surface area contributed by atoms with Crippen LogP contribution >= 0.6 is 0 Å². The first-order chi connectivity index (χ1) is 7.78. The molecule has 0 radical (unpaired) electrons. The first-order valence-electron chi connectivity index (χ1n) is 5.08. The van der Waals surface area contributed by atoms with E-state index in [-0.39, 0.29) is 6.61 Å². The summed E-state index contributed by atoms with van der Waals surface area (Å²) in [5.41, 5.74) is 1.92. The second kappa shape index (κ2) is 4.77. The van der Waals surface area contributed by atoms with Gasteiger partial charge in [0.05, 0.1) is 6.61 Å². The summed E-state index contributed by atoms with van der Waals surface area (Å²) < 4.78 is 5.58. The number of aryl methyl sites for hydroxylation is 1. The van der Waals surface area contributed by atoms with Gasteiger partial charge in [-0.15, -0.1) is 0 Å². The molecule has 0 saturated heterocycles. The molecule has 0 aliphatic heterocycles.